The molecule has 1 N–H and O–H groups in total. The number of aliphatic imine (C=N–C) groups is 1. The van der Waals surface area contributed by atoms with Crippen LogP contribution in [0.5, 0.6) is 11.5 Å². The Kier molecular flexibility index (Phi) is 18.5. The molecular weight excluding hydrogens is 550 g/mol. The molecular formula is C38H55NO3S. The zero-order valence-corrected chi connectivity index (χ0v) is 27.4. The first-order valence-corrected chi connectivity index (χ1v) is 17.9. The molecule has 5 heteroatoms. The highest BCUT2D eigenvalue weighted by molar-refractivity contribution is 7.07. The molecule has 0 radical (unpaired) electrons. The van der Waals surface area contributed by atoms with Crippen molar-refractivity contribution in [3.8, 4) is 11.5 Å². The lowest BCUT2D eigenvalue weighted by molar-refractivity contribution is 0.117. The standard InChI is InChI=1S/C38H55NO3S/c1-2-3-4-5-12-15-18-33-19-22-36(23-20-33)39-30-35-21-24-37(29-38(35)40)42-27-17-14-11-9-7-6-8-10-13-16-26-41-31-34-25-28-43-32-34/h19-25,28-30,32,40H,2-18,26-27,31H2,1H3. The highest BCUT2D eigenvalue weighted by atomic mass is 32.1. The summed E-state index contributed by atoms with van der Waals surface area (Å²) in [6, 6.07) is 16.1. The number of hydrogen-bond donors (Lipinski definition) is 1. The molecule has 2 aromatic carbocycles. The molecule has 1 aromatic heterocycles. The van der Waals surface area contributed by atoms with Crippen LogP contribution < -0.4 is 4.74 Å². The number of benzene rings is 2. The summed E-state index contributed by atoms with van der Waals surface area (Å²) < 4.78 is 11.6. The van der Waals surface area contributed by atoms with Gasteiger partial charge in [-0.2, -0.15) is 11.3 Å². The third kappa shape index (κ3) is 16.1. The molecule has 0 fully saturated rings. The number of phenols is 1. The van der Waals surface area contributed by atoms with Gasteiger partial charge >= 0.3 is 0 Å². The fourth-order valence-corrected chi connectivity index (χ4v) is 5.85. The topological polar surface area (TPSA) is 51.0 Å². The van der Waals surface area contributed by atoms with Gasteiger partial charge in [-0.05, 0) is 77.9 Å². The van der Waals surface area contributed by atoms with Gasteiger partial charge < -0.3 is 14.6 Å². The highest BCUT2D eigenvalue weighted by Gasteiger charge is 2.03. The molecule has 3 rings (SSSR count). The third-order valence-electron chi connectivity index (χ3n) is 7.91. The van der Waals surface area contributed by atoms with Gasteiger partial charge in [0.2, 0.25) is 0 Å². The van der Waals surface area contributed by atoms with E-state index in [0.717, 1.165) is 31.7 Å². The number of phenolic OH excluding ortho intramolecular Hbond substituents is 1. The second-order valence-corrected chi connectivity index (χ2v) is 12.5. The fourth-order valence-electron chi connectivity index (χ4n) is 5.20. The summed E-state index contributed by atoms with van der Waals surface area (Å²) in [4.78, 5) is 4.56. The molecule has 0 spiro atoms. The van der Waals surface area contributed by atoms with E-state index in [1.165, 1.54) is 107 Å². The highest BCUT2D eigenvalue weighted by Crippen LogP contribution is 2.24. The third-order valence-corrected chi connectivity index (χ3v) is 8.64. The van der Waals surface area contributed by atoms with Crippen LogP contribution in [0.15, 0.2) is 64.3 Å². The number of aromatic hydroxyl groups is 1. The largest absolute Gasteiger partial charge is 0.507 e. The van der Waals surface area contributed by atoms with Gasteiger partial charge in [-0.25, -0.2) is 0 Å². The SMILES string of the molecule is CCCCCCCCc1ccc(N=Cc2ccc(OCCCCCCCCCCCCOCc3ccsc3)cc2O)cc1. The summed E-state index contributed by atoms with van der Waals surface area (Å²) >= 11 is 1.73. The minimum absolute atomic E-state index is 0.201. The van der Waals surface area contributed by atoms with Gasteiger partial charge in [-0.3, -0.25) is 4.99 Å². The molecule has 43 heavy (non-hydrogen) atoms. The summed E-state index contributed by atoms with van der Waals surface area (Å²) in [5.41, 5.74) is 4.26. The summed E-state index contributed by atoms with van der Waals surface area (Å²) in [5.74, 6) is 0.914. The van der Waals surface area contributed by atoms with E-state index in [4.69, 9.17) is 9.47 Å². The molecule has 0 aliphatic carbocycles. The van der Waals surface area contributed by atoms with Gasteiger partial charge in [0.15, 0.2) is 0 Å². The van der Waals surface area contributed by atoms with Crippen LogP contribution in [0.4, 0.5) is 5.69 Å². The lowest BCUT2D eigenvalue weighted by atomic mass is 10.0. The van der Waals surface area contributed by atoms with E-state index in [-0.39, 0.29) is 5.75 Å². The van der Waals surface area contributed by atoms with Crippen molar-refractivity contribution in [3.05, 3.63) is 76.0 Å². The predicted molar refractivity (Wildman–Crippen MR) is 185 cm³/mol. The first-order valence-electron chi connectivity index (χ1n) is 16.9. The fraction of sp³-hybridized carbons (Fsp3) is 0.553. The van der Waals surface area contributed by atoms with Crippen molar-refractivity contribution >= 4 is 23.2 Å². The van der Waals surface area contributed by atoms with E-state index in [1.54, 1.807) is 23.6 Å². The molecule has 0 aliphatic rings. The van der Waals surface area contributed by atoms with Crippen molar-refractivity contribution in [2.75, 3.05) is 13.2 Å². The number of nitrogens with zero attached hydrogens (tertiary/aromatic N) is 1. The zero-order chi connectivity index (χ0) is 30.2. The minimum atomic E-state index is 0.201. The maximum absolute atomic E-state index is 10.5. The summed E-state index contributed by atoms with van der Waals surface area (Å²) in [6.45, 7) is 4.58. The van der Waals surface area contributed by atoms with E-state index < -0.39 is 0 Å². The first-order chi connectivity index (χ1) is 21.2. The summed E-state index contributed by atoms with van der Waals surface area (Å²) in [5, 5.41) is 14.7. The van der Waals surface area contributed by atoms with Crippen LogP contribution in [0.2, 0.25) is 0 Å². The van der Waals surface area contributed by atoms with E-state index >= 15 is 0 Å². The van der Waals surface area contributed by atoms with Gasteiger partial charge in [0.1, 0.15) is 11.5 Å². The molecule has 4 nitrogen and oxygen atoms in total. The smallest absolute Gasteiger partial charge is 0.128 e. The number of thiophene rings is 1. The van der Waals surface area contributed by atoms with Gasteiger partial charge in [-0.15, -0.1) is 0 Å². The second-order valence-electron chi connectivity index (χ2n) is 11.7. The van der Waals surface area contributed by atoms with Crippen molar-refractivity contribution in [1.82, 2.24) is 0 Å². The van der Waals surface area contributed by atoms with E-state index in [0.29, 0.717) is 17.9 Å². The maximum atomic E-state index is 10.5. The Balaban J connectivity index is 1.17. The Morgan fingerprint density at radius 3 is 2.00 bits per heavy atom. The zero-order valence-electron chi connectivity index (χ0n) is 26.6. The monoisotopic (exact) mass is 605 g/mol. The van der Waals surface area contributed by atoms with E-state index in [9.17, 15) is 5.11 Å². The molecule has 0 amide bonds. The molecule has 0 saturated heterocycles. The lowest BCUT2D eigenvalue weighted by Gasteiger charge is -2.08. The Labute approximate surface area is 265 Å². The second kappa shape index (κ2) is 22.8. The van der Waals surface area contributed by atoms with Gasteiger partial charge in [0.25, 0.3) is 0 Å². The average Bonchev–Trinajstić information content (AvgIpc) is 3.55. The molecule has 0 aliphatic heterocycles. The van der Waals surface area contributed by atoms with Crippen molar-refractivity contribution in [3.63, 3.8) is 0 Å². The molecule has 0 unspecified atom stereocenters. The molecule has 1 heterocycles. The van der Waals surface area contributed by atoms with Crippen LogP contribution in [0.3, 0.4) is 0 Å². The first kappa shape index (κ1) is 34.9. The number of ether oxygens (including phenoxy) is 2. The van der Waals surface area contributed by atoms with Crippen LogP contribution in [0.1, 0.15) is 126 Å². The Morgan fingerprint density at radius 1 is 0.698 bits per heavy atom. The van der Waals surface area contributed by atoms with Gasteiger partial charge in [0.05, 0.1) is 18.9 Å². The molecule has 3 aromatic rings. The average molecular weight is 606 g/mol. The summed E-state index contributed by atoms with van der Waals surface area (Å²) in [6.07, 6.45) is 23.4. The number of unbranched alkanes of at least 4 members (excludes halogenated alkanes) is 14. The molecule has 236 valence electrons. The summed E-state index contributed by atoms with van der Waals surface area (Å²) in [7, 11) is 0. The Bertz CT molecular complexity index is 1110. The maximum Gasteiger partial charge on any atom is 0.128 e. The van der Waals surface area contributed by atoms with Crippen LogP contribution >= 0.6 is 11.3 Å². The van der Waals surface area contributed by atoms with Crippen molar-refractivity contribution in [2.24, 2.45) is 4.99 Å². The predicted octanol–water partition coefficient (Wildman–Crippen LogP) is 11.6. The van der Waals surface area contributed by atoms with Crippen molar-refractivity contribution < 1.29 is 14.6 Å². The van der Waals surface area contributed by atoms with Crippen LogP contribution in [-0.2, 0) is 17.8 Å². The Morgan fingerprint density at radius 2 is 1.35 bits per heavy atom. The molecule has 0 saturated carbocycles. The Hall–Kier alpha value is -2.63. The number of rotatable bonds is 25. The normalized spacial score (nSPS) is 11.5. The number of hydrogen-bond acceptors (Lipinski definition) is 5. The molecule has 0 bridgehead atoms. The molecule has 0 atom stereocenters. The van der Waals surface area contributed by atoms with Crippen LogP contribution in [0, 0.1) is 0 Å². The van der Waals surface area contributed by atoms with Gasteiger partial charge in [0, 0.05) is 24.5 Å². The minimum Gasteiger partial charge on any atom is -0.507 e. The van der Waals surface area contributed by atoms with Crippen molar-refractivity contribution in [2.45, 2.75) is 123 Å². The number of aryl methyl sites for hydroxylation is 1. The lowest BCUT2D eigenvalue weighted by Crippen LogP contribution is -1.97. The van der Waals surface area contributed by atoms with E-state index in [2.05, 4.69) is 53.0 Å². The van der Waals surface area contributed by atoms with E-state index in [1.807, 2.05) is 12.1 Å². The van der Waals surface area contributed by atoms with Crippen LogP contribution in [0.25, 0.3) is 0 Å². The van der Waals surface area contributed by atoms with Gasteiger partial charge in [-0.1, -0.05) is 103 Å². The van der Waals surface area contributed by atoms with Crippen molar-refractivity contribution in [1.29, 1.82) is 0 Å². The van der Waals surface area contributed by atoms with Crippen LogP contribution in [-0.4, -0.2) is 24.5 Å². The quantitative estimate of drug-likeness (QED) is 0.0772.